The number of methoxy groups -OCH3 is 1. The highest BCUT2D eigenvalue weighted by molar-refractivity contribution is 14.1. The van der Waals surface area contributed by atoms with Gasteiger partial charge in [0.15, 0.2) is 11.5 Å². The zero-order chi connectivity index (χ0) is 18.6. The van der Waals surface area contributed by atoms with E-state index in [0.717, 1.165) is 6.07 Å². The Labute approximate surface area is 156 Å². The predicted octanol–water partition coefficient (Wildman–Crippen LogP) is 4.97. The number of para-hydroxylation sites is 1. The number of carbonyl (C=O) groups excluding carboxylic acids is 1. The minimum absolute atomic E-state index is 0.172. The van der Waals surface area contributed by atoms with Gasteiger partial charge in [-0.05, 0) is 53.8 Å². The van der Waals surface area contributed by atoms with Gasteiger partial charge in [-0.25, -0.2) is 0 Å². The van der Waals surface area contributed by atoms with Crippen molar-refractivity contribution in [3.8, 4) is 11.5 Å². The Hall–Kier alpha value is -1.97. The number of alkyl halides is 3. The van der Waals surface area contributed by atoms with E-state index < -0.39 is 17.6 Å². The van der Waals surface area contributed by atoms with E-state index in [1.54, 1.807) is 6.92 Å². The first-order chi connectivity index (χ1) is 11.8. The number of anilines is 1. The zero-order valence-electron chi connectivity index (χ0n) is 13.4. The van der Waals surface area contributed by atoms with E-state index in [4.69, 9.17) is 9.47 Å². The third kappa shape index (κ3) is 4.56. The maximum absolute atomic E-state index is 13.0. The van der Waals surface area contributed by atoms with Crippen LogP contribution in [0.3, 0.4) is 0 Å². The highest BCUT2D eigenvalue weighted by Gasteiger charge is 2.33. The third-order valence-corrected chi connectivity index (χ3v) is 4.06. The van der Waals surface area contributed by atoms with Crippen molar-refractivity contribution in [2.24, 2.45) is 0 Å². The lowest BCUT2D eigenvalue weighted by Gasteiger charge is -2.15. The van der Waals surface area contributed by atoms with Crippen molar-refractivity contribution >= 4 is 34.2 Å². The van der Waals surface area contributed by atoms with E-state index in [1.807, 2.05) is 22.6 Å². The molecule has 0 spiro atoms. The summed E-state index contributed by atoms with van der Waals surface area (Å²) in [5, 5.41) is 2.31. The Morgan fingerprint density at radius 3 is 2.52 bits per heavy atom. The topological polar surface area (TPSA) is 47.6 Å². The molecule has 0 aliphatic rings. The van der Waals surface area contributed by atoms with Gasteiger partial charge < -0.3 is 14.8 Å². The third-order valence-electron chi connectivity index (χ3n) is 3.26. The highest BCUT2D eigenvalue weighted by atomic mass is 127. The van der Waals surface area contributed by atoms with E-state index in [2.05, 4.69) is 5.32 Å². The molecule has 0 heterocycles. The van der Waals surface area contributed by atoms with Crippen LogP contribution in [0, 0.1) is 3.57 Å². The fourth-order valence-corrected chi connectivity index (χ4v) is 3.02. The molecule has 0 aromatic heterocycles. The van der Waals surface area contributed by atoms with Crippen LogP contribution in [0.25, 0.3) is 0 Å². The van der Waals surface area contributed by atoms with Gasteiger partial charge in [-0.1, -0.05) is 12.1 Å². The lowest BCUT2D eigenvalue weighted by atomic mass is 10.1. The molecule has 134 valence electrons. The van der Waals surface area contributed by atoms with E-state index >= 15 is 0 Å². The lowest BCUT2D eigenvalue weighted by molar-refractivity contribution is -0.136. The van der Waals surface area contributed by atoms with Crippen molar-refractivity contribution < 1.29 is 27.4 Å². The van der Waals surface area contributed by atoms with E-state index in [1.165, 1.54) is 37.4 Å². The Bertz CT molecular complexity index is 778. The minimum atomic E-state index is -4.56. The van der Waals surface area contributed by atoms with Crippen LogP contribution in [-0.2, 0) is 6.18 Å². The normalized spacial score (nSPS) is 11.1. The van der Waals surface area contributed by atoms with Crippen LogP contribution in [-0.4, -0.2) is 19.6 Å². The lowest BCUT2D eigenvalue weighted by Crippen LogP contribution is -2.17. The van der Waals surface area contributed by atoms with Gasteiger partial charge in [-0.2, -0.15) is 13.2 Å². The summed E-state index contributed by atoms with van der Waals surface area (Å²) in [5.41, 5.74) is -1.04. The Morgan fingerprint density at radius 2 is 1.92 bits per heavy atom. The van der Waals surface area contributed by atoms with E-state index in [-0.39, 0.29) is 11.3 Å². The zero-order valence-corrected chi connectivity index (χ0v) is 15.6. The van der Waals surface area contributed by atoms with Crippen molar-refractivity contribution in [3.05, 3.63) is 51.1 Å². The molecule has 8 heteroatoms. The Morgan fingerprint density at radius 1 is 1.24 bits per heavy atom. The summed E-state index contributed by atoms with van der Waals surface area (Å²) in [6, 6.07) is 7.78. The first-order valence-corrected chi connectivity index (χ1v) is 8.33. The maximum atomic E-state index is 13.0. The number of ether oxygens (including phenoxy) is 2. The second-order valence-corrected chi connectivity index (χ2v) is 6.08. The minimum Gasteiger partial charge on any atom is -0.492 e. The number of halogens is 4. The molecule has 2 aromatic rings. The van der Waals surface area contributed by atoms with Gasteiger partial charge in [-0.15, -0.1) is 0 Å². The van der Waals surface area contributed by atoms with Crippen LogP contribution in [0.15, 0.2) is 36.4 Å². The van der Waals surface area contributed by atoms with Crippen LogP contribution in [0.4, 0.5) is 18.9 Å². The molecule has 0 saturated carbocycles. The molecule has 0 radical (unpaired) electrons. The fourth-order valence-electron chi connectivity index (χ4n) is 2.19. The molecule has 2 rings (SSSR count). The summed E-state index contributed by atoms with van der Waals surface area (Å²) in [7, 11) is 1.47. The Kier molecular flexibility index (Phi) is 6.15. The molecule has 0 atom stereocenters. The van der Waals surface area contributed by atoms with Crippen LogP contribution < -0.4 is 14.8 Å². The van der Waals surface area contributed by atoms with Crippen molar-refractivity contribution in [2.45, 2.75) is 13.1 Å². The summed E-state index contributed by atoms with van der Waals surface area (Å²) in [4.78, 5) is 12.4. The highest BCUT2D eigenvalue weighted by Crippen LogP contribution is 2.36. The molecule has 1 amide bonds. The fraction of sp³-hybridized carbons (Fsp3) is 0.235. The van der Waals surface area contributed by atoms with Gasteiger partial charge in [0.25, 0.3) is 5.91 Å². The van der Waals surface area contributed by atoms with Crippen LogP contribution in [0.2, 0.25) is 0 Å². The van der Waals surface area contributed by atoms with Gasteiger partial charge >= 0.3 is 6.18 Å². The van der Waals surface area contributed by atoms with Crippen LogP contribution in [0.5, 0.6) is 11.5 Å². The van der Waals surface area contributed by atoms with Gasteiger partial charge in [0.2, 0.25) is 0 Å². The summed E-state index contributed by atoms with van der Waals surface area (Å²) < 4.78 is 50.4. The number of rotatable bonds is 5. The molecule has 0 bridgehead atoms. The van der Waals surface area contributed by atoms with E-state index in [9.17, 15) is 18.0 Å². The Balaban J connectivity index is 2.37. The van der Waals surface area contributed by atoms with Gasteiger partial charge in [0.1, 0.15) is 0 Å². The molecule has 0 unspecified atom stereocenters. The summed E-state index contributed by atoms with van der Waals surface area (Å²) in [6.45, 7) is 2.13. The average molecular weight is 465 g/mol. The second-order valence-electron chi connectivity index (χ2n) is 4.92. The predicted molar refractivity (Wildman–Crippen MR) is 96.3 cm³/mol. The quantitative estimate of drug-likeness (QED) is 0.635. The molecule has 2 aromatic carbocycles. The molecule has 0 aliphatic heterocycles. The van der Waals surface area contributed by atoms with Crippen molar-refractivity contribution in [3.63, 3.8) is 0 Å². The smallest absolute Gasteiger partial charge is 0.418 e. The SMILES string of the molecule is CCOc1cc(C(=O)Nc2ccccc2C(F)(F)F)cc(I)c1OC. The molecule has 0 aliphatic carbocycles. The summed E-state index contributed by atoms with van der Waals surface area (Å²) in [5.74, 6) is 0.152. The summed E-state index contributed by atoms with van der Waals surface area (Å²) in [6.07, 6.45) is -4.56. The van der Waals surface area contributed by atoms with Crippen LogP contribution >= 0.6 is 22.6 Å². The van der Waals surface area contributed by atoms with Gasteiger partial charge in [0.05, 0.1) is 28.5 Å². The monoisotopic (exact) mass is 465 g/mol. The van der Waals surface area contributed by atoms with Crippen LogP contribution in [0.1, 0.15) is 22.8 Å². The largest absolute Gasteiger partial charge is 0.492 e. The molecule has 4 nitrogen and oxygen atoms in total. The van der Waals surface area contributed by atoms with Gasteiger partial charge in [0, 0.05) is 5.56 Å². The number of hydrogen-bond acceptors (Lipinski definition) is 3. The number of amides is 1. The number of hydrogen-bond donors (Lipinski definition) is 1. The van der Waals surface area contributed by atoms with Gasteiger partial charge in [-0.3, -0.25) is 4.79 Å². The second kappa shape index (κ2) is 7.94. The summed E-state index contributed by atoms with van der Waals surface area (Å²) >= 11 is 1.97. The van der Waals surface area contributed by atoms with Crippen molar-refractivity contribution in [1.82, 2.24) is 0 Å². The molecule has 1 N–H and O–H groups in total. The molecular formula is C17H15F3INO3. The van der Waals surface area contributed by atoms with Crippen molar-refractivity contribution in [1.29, 1.82) is 0 Å². The molecular weight excluding hydrogens is 450 g/mol. The molecule has 25 heavy (non-hydrogen) atoms. The van der Waals surface area contributed by atoms with Crippen molar-refractivity contribution in [2.75, 3.05) is 19.0 Å². The molecule has 0 saturated heterocycles. The molecule has 0 fully saturated rings. The maximum Gasteiger partial charge on any atom is 0.418 e. The average Bonchev–Trinajstić information content (AvgIpc) is 2.54. The van der Waals surface area contributed by atoms with E-state index in [0.29, 0.717) is 21.7 Å². The number of benzene rings is 2. The first-order valence-electron chi connectivity index (χ1n) is 7.25. The standard InChI is InChI=1S/C17H15F3INO3/c1-3-25-14-9-10(8-12(21)15(14)24-2)16(23)22-13-7-5-4-6-11(13)17(18,19)20/h4-9H,3H2,1-2H3,(H,22,23). The number of carbonyl (C=O) groups is 1. The first kappa shape index (κ1) is 19.4. The number of nitrogens with one attached hydrogen (secondary N) is 1.